The first kappa shape index (κ1) is 18.0. The highest BCUT2D eigenvalue weighted by atomic mass is 16.5. The van der Waals surface area contributed by atoms with Gasteiger partial charge in [-0.3, -0.25) is 4.79 Å². The molecular weight excluding hydrogens is 354 g/mol. The van der Waals surface area contributed by atoms with E-state index in [9.17, 15) is 14.4 Å². The fourth-order valence-electron chi connectivity index (χ4n) is 2.54. The lowest BCUT2D eigenvalue weighted by atomic mass is 10.1. The van der Waals surface area contributed by atoms with Gasteiger partial charge in [0.1, 0.15) is 34.0 Å². The number of rotatable bonds is 5. The third kappa shape index (κ3) is 3.45. The predicted molar refractivity (Wildman–Crippen MR) is 95.5 cm³/mol. The van der Waals surface area contributed by atoms with Crippen molar-refractivity contribution in [2.45, 2.75) is 0 Å². The van der Waals surface area contributed by atoms with Crippen LogP contribution in [0.25, 0.3) is 11.0 Å². The van der Waals surface area contributed by atoms with E-state index < -0.39 is 17.5 Å². The molecule has 2 aromatic carbocycles. The third-order valence-electron chi connectivity index (χ3n) is 3.82. The molecule has 0 atom stereocenters. The molecule has 0 aliphatic carbocycles. The molecule has 3 aromatic rings. The van der Waals surface area contributed by atoms with Crippen LogP contribution in [0.1, 0.15) is 20.7 Å². The Morgan fingerprint density at radius 1 is 1.00 bits per heavy atom. The lowest BCUT2D eigenvalue weighted by molar-refractivity contribution is 0.0727. The quantitative estimate of drug-likeness (QED) is 0.416. The van der Waals surface area contributed by atoms with Crippen LogP contribution in [-0.2, 0) is 0 Å². The zero-order valence-electron chi connectivity index (χ0n) is 14.5. The zero-order chi connectivity index (χ0) is 19.6. The number of esters is 1. The lowest BCUT2D eigenvalue weighted by Gasteiger charge is -2.12. The minimum Gasteiger partial charge on any atom is -0.496 e. The molecule has 0 saturated heterocycles. The van der Waals surface area contributed by atoms with Crippen molar-refractivity contribution in [3.63, 3.8) is 0 Å². The highest BCUT2D eigenvalue weighted by molar-refractivity contribution is 5.98. The number of ether oxygens (including phenoxy) is 3. The first-order valence-corrected chi connectivity index (χ1v) is 7.75. The van der Waals surface area contributed by atoms with Gasteiger partial charge in [-0.25, -0.2) is 9.59 Å². The van der Waals surface area contributed by atoms with Crippen LogP contribution in [0, 0.1) is 0 Å². The molecule has 1 aromatic heterocycles. The number of nitrogens with two attached hydrogens (primary N) is 1. The molecule has 0 unspecified atom stereocenters. The average molecular weight is 369 g/mol. The number of hydrogen-bond donors (Lipinski definition) is 1. The van der Waals surface area contributed by atoms with Gasteiger partial charge in [-0.05, 0) is 30.3 Å². The number of benzene rings is 2. The van der Waals surface area contributed by atoms with Gasteiger partial charge in [-0.15, -0.1) is 0 Å². The Bertz CT molecular complexity index is 1080. The minimum absolute atomic E-state index is 0.119. The highest BCUT2D eigenvalue weighted by Crippen LogP contribution is 2.30. The maximum absolute atomic E-state index is 12.6. The Morgan fingerprint density at radius 3 is 2.26 bits per heavy atom. The van der Waals surface area contributed by atoms with Gasteiger partial charge in [0.2, 0.25) is 0 Å². The smallest absolute Gasteiger partial charge is 0.351 e. The number of fused-ring (bicyclic) bond motifs is 1. The zero-order valence-corrected chi connectivity index (χ0v) is 14.5. The summed E-state index contributed by atoms with van der Waals surface area (Å²) in [5, 5.41) is 0.457. The molecule has 27 heavy (non-hydrogen) atoms. The molecule has 138 valence electrons. The molecule has 0 aliphatic heterocycles. The minimum atomic E-state index is -0.885. The summed E-state index contributed by atoms with van der Waals surface area (Å²) in [7, 11) is 2.85. The van der Waals surface area contributed by atoms with E-state index in [1.807, 2.05) is 0 Å². The lowest BCUT2D eigenvalue weighted by Crippen LogP contribution is -2.20. The van der Waals surface area contributed by atoms with Crippen molar-refractivity contribution in [1.82, 2.24) is 0 Å². The van der Waals surface area contributed by atoms with E-state index in [1.54, 1.807) is 18.2 Å². The summed E-state index contributed by atoms with van der Waals surface area (Å²) in [5.41, 5.74) is 4.26. The Kier molecular flexibility index (Phi) is 4.80. The highest BCUT2D eigenvalue weighted by Gasteiger charge is 2.21. The molecule has 0 saturated carbocycles. The molecule has 1 heterocycles. The van der Waals surface area contributed by atoms with Gasteiger partial charge in [-0.2, -0.15) is 0 Å². The van der Waals surface area contributed by atoms with E-state index in [-0.39, 0.29) is 34.0 Å². The molecule has 0 bridgehead atoms. The van der Waals surface area contributed by atoms with Crippen LogP contribution < -0.4 is 25.6 Å². The molecule has 0 radical (unpaired) electrons. The second kappa shape index (κ2) is 7.20. The van der Waals surface area contributed by atoms with Gasteiger partial charge >= 0.3 is 11.6 Å². The number of carbonyl (C=O) groups excluding carboxylic acids is 2. The molecule has 2 N–H and O–H groups in total. The van der Waals surface area contributed by atoms with Gasteiger partial charge in [0.15, 0.2) is 0 Å². The molecule has 8 heteroatoms. The molecular formula is C19H15NO7. The van der Waals surface area contributed by atoms with Crippen molar-refractivity contribution in [2.24, 2.45) is 5.73 Å². The van der Waals surface area contributed by atoms with Crippen LogP contribution in [0.4, 0.5) is 0 Å². The Balaban J connectivity index is 1.98. The van der Waals surface area contributed by atoms with E-state index in [0.717, 1.165) is 0 Å². The second-order valence-electron chi connectivity index (χ2n) is 5.44. The van der Waals surface area contributed by atoms with Crippen LogP contribution in [0.3, 0.4) is 0 Å². The SMILES string of the molecule is COc1cccc(OC)c1C(=O)Oc1ccc2cc(C(N)=O)c(=O)oc2c1. The Hall–Kier alpha value is -3.81. The number of amides is 1. The number of carbonyl (C=O) groups is 2. The van der Waals surface area contributed by atoms with E-state index in [0.29, 0.717) is 5.39 Å². The summed E-state index contributed by atoms with van der Waals surface area (Å²) in [6, 6.07) is 10.6. The fraction of sp³-hybridized carbons (Fsp3) is 0.105. The Labute approximate surface area is 153 Å². The van der Waals surface area contributed by atoms with Crippen LogP contribution in [0.15, 0.2) is 51.7 Å². The van der Waals surface area contributed by atoms with Gasteiger partial charge in [0, 0.05) is 11.5 Å². The molecule has 1 amide bonds. The van der Waals surface area contributed by atoms with Crippen molar-refractivity contribution in [3.05, 3.63) is 64.0 Å². The summed E-state index contributed by atoms with van der Waals surface area (Å²) in [6.45, 7) is 0. The molecule has 8 nitrogen and oxygen atoms in total. The van der Waals surface area contributed by atoms with Crippen LogP contribution in [0.2, 0.25) is 0 Å². The maximum Gasteiger partial charge on any atom is 0.351 e. The summed E-state index contributed by atoms with van der Waals surface area (Å²) < 4.78 is 20.8. The van der Waals surface area contributed by atoms with Gasteiger partial charge in [0.25, 0.3) is 5.91 Å². The number of methoxy groups -OCH3 is 2. The maximum atomic E-state index is 12.6. The van der Waals surface area contributed by atoms with E-state index in [4.69, 9.17) is 24.4 Å². The molecule has 0 aliphatic rings. The number of primary amides is 1. The van der Waals surface area contributed by atoms with Crippen LogP contribution in [-0.4, -0.2) is 26.1 Å². The standard InChI is InChI=1S/C19H15NO7/c1-24-13-4-3-5-14(25-2)16(13)19(23)26-11-7-6-10-8-12(17(20)21)18(22)27-15(10)9-11/h3-9H,1-2H3,(H2,20,21). The van der Waals surface area contributed by atoms with Crippen molar-refractivity contribution in [2.75, 3.05) is 14.2 Å². The molecule has 3 rings (SSSR count). The second-order valence-corrected chi connectivity index (χ2v) is 5.44. The first-order valence-electron chi connectivity index (χ1n) is 7.75. The number of hydrogen-bond acceptors (Lipinski definition) is 7. The summed E-state index contributed by atoms with van der Waals surface area (Å²) in [5.74, 6) is -0.879. The van der Waals surface area contributed by atoms with E-state index in [2.05, 4.69) is 0 Å². The summed E-state index contributed by atoms with van der Waals surface area (Å²) >= 11 is 0. The normalized spacial score (nSPS) is 10.4. The largest absolute Gasteiger partial charge is 0.496 e. The van der Waals surface area contributed by atoms with Gasteiger partial charge in [-0.1, -0.05) is 6.07 Å². The monoisotopic (exact) mass is 369 g/mol. The van der Waals surface area contributed by atoms with Crippen LogP contribution >= 0.6 is 0 Å². The third-order valence-corrected chi connectivity index (χ3v) is 3.82. The van der Waals surface area contributed by atoms with Gasteiger partial charge in [0.05, 0.1) is 14.2 Å². The first-order chi connectivity index (χ1) is 12.9. The van der Waals surface area contributed by atoms with E-state index >= 15 is 0 Å². The van der Waals surface area contributed by atoms with E-state index in [1.165, 1.54) is 38.5 Å². The van der Waals surface area contributed by atoms with Crippen molar-refractivity contribution >= 4 is 22.8 Å². The van der Waals surface area contributed by atoms with Crippen molar-refractivity contribution in [1.29, 1.82) is 0 Å². The van der Waals surface area contributed by atoms with Crippen molar-refractivity contribution in [3.8, 4) is 17.2 Å². The average Bonchev–Trinajstić information content (AvgIpc) is 2.66. The topological polar surface area (TPSA) is 118 Å². The Morgan fingerprint density at radius 2 is 1.67 bits per heavy atom. The molecule has 0 fully saturated rings. The predicted octanol–water partition coefficient (Wildman–Crippen LogP) is 2.13. The van der Waals surface area contributed by atoms with Crippen molar-refractivity contribution < 1.29 is 28.2 Å². The van der Waals surface area contributed by atoms with Crippen LogP contribution in [0.5, 0.6) is 17.2 Å². The molecule has 0 spiro atoms. The fourth-order valence-corrected chi connectivity index (χ4v) is 2.54. The summed E-state index contributed by atoms with van der Waals surface area (Å²) in [4.78, 5) is 35.6. The van der Waals surface area contributed by atoms with Gasteiger partial charge < -0.3 is 24.4 Å². The summed E-state index contributed by atoms with van der Waals surface area (Å²) in [6.07, 6.45) is 0.